The van der Waals surface area contributed by atoms with Crippen molar-refractivity contribution >= 4 is 16.8 Å². The van der Waals surface area contributed by atoms with Crippen molar-refractivity contribution in [3.05, 3.63) is 48.0 Å². The molecule has 0 atom stereocenters. The molecule has 0 unspecified atom stereocenters. The van der Waals surface area contributed by atoms with Gasteiger partial charge < -0.3 is 10.2 Å². The Labute approximate surface area is 111 Å². The molecule has 0 saturated carbocycles. The molecule has 1 aromatic heterocycles. The van der Waals surface area contributed by atoms with Gasteiger partial charge in [0.15, 0.2) is 5.58 Å². The SMILES string of the molecule is Nc1cccc2oc(-c3ccc(C(F)(F)F)cc3)nc12. The minimum absolute atomic E-state index is 0.242. The summed E-state index contributed by atoms with van der Waals surface area (Å²) in [5.74, 6) is 0.242. The third-order valence-electron chi connectivity index (χ3n) is 2.91. The number of oxazole rings is 1. The highest BCUT2D eigenvalue weighted by Gasteiger charge is 2.30. The van der Waals surface area contributed by atoms with Gasteiger partial charge in [-0.3, -0.25) is 0 Å². The van der Waals surface area contributed by atoms with Crippen LogP contribution in [-0.4, -0.2) is 4.98 Å². The number of aromatic nitrogens is 1. The highest BCUT2D eigenvalue weighted by Crippen LogP contribution is 2.32. The zero-order valence-corrected chi connectivity index (χ0v) is 10.1. The van der Waals surface area contributed by atoms with Crippen LogP contribution < -0.4 is 5.73 Å². The van der Waals surface area contributed by atoms with E-state index in [1.807, 2.05) is 0 Å². The number of hydrogen-bond acceptors (Lipinski definition) is 3. The maximum atomic E-state index is 12.5. The molecular weight excluding hydrogens is 269 g/mol. The first-order chi connectivity index (χ1) is 9.45. The van der Waals surface area contributed by atoms with Crippen LogP contribution >= 0.6 is 0 Å². The molecule has 0 spiro atoms. The summed E-state index contributed by atoms with van der Waals surface area (Å²) in [5.41, 5.74) is 6.98. The fourth-order valence-electron chi connectivity index (χ4n) is 1.90. The standard InChI is InChI=1S/C14H9F3N2O/c15-14(16,17)9-6-4-8(5-7-9)13-19-12-10(18)2-1-3-11(12)20-13/h1-7H,18H2. The van der Waals surface area contributed by atoms with E-state index in [2.05, 4.69) is 4.98 Å². The number of halogens is 3. The lowest BCUT2D eigenvalue weighted by atomic mass is 10.1. The summed E-state index contributed by atoms with van der Waals surface area (Å²) in [5, 5.41) is 0. The lowest BCUT2D eigenvalue weighted by molar-refractivity contribution is -0.137. The van der Waals surface area contributed by atoms with Gasteiger partial charge in [-0.15, -0.1) is 0 Å². The van der Waals surface area contributed by atoms with Crippen LogP contribution in [0.4, 0.5) is 18.9 Å². The van der Waals surface area contributed by atoms with E-state index in [0.29, 0.717) is 22.4 Å². The molecule has 3 rings (SSSR count). The van der Waals surface area contributed by atoms with Gasteiger partial charge in [0.05, 0.1) is 11.3 Å². The van der Waals surface area contributed by atoms with Crippen molar-refractivity contribution in [2.24, 2.45) is 0 Å². The van der Waals surface area contributed by atoms with Gasteiger partial charge in [0, 0.05) is 5.56 Å². The Bertz CT molecular complexity index is 760. The third-order valence-corrected chi connectivity index (χ3v) is 2.91. The molecule has 3 aromatic rings. The molecule has 0 aliphatic carbocycles. The summed E-state index contributed by atoms with van der Waals surface area (Å²) >= 11 is 0. The zero-order chi connectivity index (χ0) is 14.3. The van der Waals surface area contributed by atoms with E-state index < -0.39 is 11.7 Å². The number of nitrogens with two attached hydrogens (primary N) is 1. The van der Waals surface area contributed by atoms with Crippen molar-refractivity contribution < 1.29 is 17.6 Å². The number of para-hydroxylation sites is 1. The van der Waals surface area contributed by atoms with Gasteiger partial charge in [-0.05, 0) is 36.4 Å². The van der Waals surface area contributed by atoms with E-state index in [-0.39, 0.29) is 5.89 Å². The molecule has 2 N–H and O–H groups in total. The predicted molar refractivity (Wildman–Crippen MR) is 68.9 cm³/mol. The van der Waals surface area contributed by atoms with Crippen LogP contribution in [0.1, 0.15) is 5.56 Å². The van der Waals surface area contributed by atoms with Crippen molar-refractivity contribution in [1.29, 1.82) is 0 Å². The van der Waals surface area contributed by atoms with Crippen LogP contribution in [0.3, 0.4) is 0 Å². The number of benzene rings is 2. The molecule has 0 saturated heterocycles. The van der Waals surface area contributed by atoms with E-state index in [4.69, 9.17) is 10.2 Å². The van der Waals surface area contributed by atoms with Crippen molar-refractivity contribution in [2.75, 3.05) is 5.73 Å². The Morgan fingerprint density at radius 3 is 2.30 bits per heavy atom. The Morgan fingerprint density at radius 2 is 1.70 bits per heavy atom. The summed E-state index contributed by atoms with van der Waals surface area (Å²) in [4.78, 5) is 4.20. The van der Waals surface area contributed by atoms with Gasteiger partial charge in [-0.2, -0.15) is 13.2 Å². The summed E-state index contributed by atoms with van der Waals surface area (Å²) in [6, 6.07) is 9.74. The van der Waals surface area contributed by atoms with Crippen LogP contribution in [0.15, 0.2) is 46.9 Å². The number of rotatable bonds is 1. The molecule has 1 heterocycles. The third kappa shape index (κ3) is 2.09. The number of nitrogen functional groups attached to an aromatic ring is 1. The van der Waals surface area contributed by atoms with Crippen molar-refractivity contribution in [3.8, 4) is 11.5 Å². The first kappa shape index (κ1) is 12.5. The Kier molecular flexibility index (Phi) is 2.67. The van der Waals surface area contributed by atoms with Crippen LogP contribution in [0.25, 0.3) is 22.6 Å². The van der Waals surface area contributed by atoms with Crippen molar-refractivity contribution in [3.63, 3.8) is 0 Å². The second kappa shape index (κ2) is 4.26. The second-order valence-corrected chi connectivity index (χ2v) is 4.29. The molecule has 3 nitrogen and oxygen atoms in total. The van der Waals surface area contributed by atoms with E-state index in [9.17, 15) is 13.2 Å². The molecule has 0 fully saturated rings. The number of anilines is 1. The summed E-state index contributed by atoms with van der Waals surface area (Å²) in [7, 11) is 0. The quantitative estimate of drug-likeness (QED) is 0.682. The molecule has 20 heavy (non-hydrogen) atoms. The maximum absolute atomic E-state index is 12.5. The van der Waals surface area contributed by atoms with Gasteiger partial charge in [-0.25, -0.2) is 4.98 Å². The summed E-state index contributed by atoms with van der Waals surface area (Å²) < 4.78 is 42.9. The molecule has 0 amide bonds. The second-order valence-electron chi connectivity index (χ2n) is 4.29. The Hall–Kier alpha value is -2.50. The summed E-state index contributed by atoms with van der Waals surface area (Å²) in [6.07, 6.45) is -4.36. The zero-order valence-electron chi connectivity index (χ0n) is 10.1. The minimum atomic E-state index is -4.36. The van der Waals surface area contributed by atoms with Crippen LogP contribution in [0.2, 0.25) is 0 Å². The topological polar surface area (TPSA) is 52.0 Å². The maximum Gasteiger partial charge on any atom is 0.416 e. The average molecular weight is 278 g/mol. The molecule has 0 bridgehead atoms. The molecule has 0 aliphatic heterocycles. The normalized spacial score (nSPS) is 11.9. The number of hydrogen-bond donors (Lipinski definition) is 1. The van der Waals surface area contributed by atoms with Crippen LogP contribution in [0, 0.1) is 0 Å². The highest BCUT2D eigenvalue weighted by molar-refractivity contribution is 5.87. The molecule has 102 valence electrons. The van der Waals surface area contributed by atoms with Crippen molar-refractivity contribution in [1.82, 2.24) is 4.98 Å². The highest BCUT2D eigenvalue weighted by atomic mass is 19.4. The molecule has 2 aromatic carbocycles. The lowest BCUT2D eigenvalue weighted by Crippen LogP contribution is -2.03. The van der Waals surface area contributed by atoms with E-state index in [0.717, 1.165) is 12.1 Å². The molecule has 0 aliphatic rings. The average Bonchev–Trinajstić information content (AvgIpc) is 2.83. The van der Waals surface area contributed by atoms with E-state index >= 15 is 0 Å². The fourth-order valence-corrected chi connectivity index (χ4v) is 1.90. The van der Waals surface area contributed by atoms with Crippen LogP contribution in [0.5, 0.6) is 0 Å². The van der Waals surface area contributed by atoms with Gasteiger partial charge in [0.1, 0.15) is 5.52 Å². The fraction of sp³-hybridized carbons (Fsp3) is 0.0714. The molecular formula is C14H9F3N2O. The number of fused-ring (bicyclic) bond motifs is 1. The van der Waals surface area contributed by atoms with Gasteiger partial charge in [0.25, 0.3) is 0 Å². The van der Waals surface area contributed by atoms with Crippen molar-refractivity contribution in [2.45, 2.75) is 6.18 Å². The largest absolute Gasteiger partial charge is 0.436 e. The predicted octanol–water partition coefficient (Wildman–Crippen LogP) is 4.10. The Morgan fingerprint density at radius 1 is 1.00 bits per heavy atom. The molecule has 0 radical (unpaired) electrons. The lowest BCUT2D eigenvalue weighted by Gasteiger charge is -2.05. The summed E-state index contributed by atoms with van der Waals surface area (Å²) in [6.45, 7) is 0. The smallest absolute Gasteiger partial charge is 0.416 e. The minimum Gasteiger partial charge on any atom is -0.436 e. The first-order valence-corrected chi connectivity index (χ1v) is 5.78. The monoisotopic (exact) mass is 278 g/mol. The van der Waals surface area contributed by atoms with Gasteiger partial charge in [-0.1, -0.05) is 6.07 Å². The van der Waals surface area contributed by atoms with E-state index in [1.165, 1.54) is 12.1 Å². The van der Waals surface area contributed by atoms with Crippen LogP contribution in [-0.2, 0) is 6.18 Å². The molecule has 6 heteroatoms. The van der Waals surface area contributed by atoms with Gasteiger partial charge in [0.2, 0.25) is 5.89 Å². The number of alkyl halides is 3. The van der Waals surface area contributed by atoms with Gasteiger partial charge >= 0.3 is 6.18 Å². The van der Waals surface area contributed by atoms with E-state index in [1.54, 1.807) is 18.2 Å². The number of nitrogens with zero attached hydrogens (tertiary/aromatic N) is 1. The Balaban J connectivity index is 2.05. The first-order valence-electron chi connectivity index (χ1n) is 5.78.